The zero-order chi connectivity index (χ0) is 19.6. The summed E-state index contributed by atoms with van der Waals surface area (Å²) in [5.41, 5.74) is 6.74. The molecular weight excluding hydrogens is 376 g/mol. The van der Waals surface area contributed by atoms with Gasteiger partial charge in [0.05, 0.1) is 17.1 Å². The Bertz CT molecular complexity index is 1020. The molecule has 0 atom stereocenters. The van der Waals surface area contributed by atoms with Crippen LogP contribution in [-0.4, -0.2) is 21.8 Å². The number of rotatable bonds is 5. The summed E-state index contributed by atoms with van der Waals surface area (Å²) in [6, 6.07) is 7.94. The molecule has 8 heteroatoms. The highest BCUT2D eigenvalue weighted by Gasteiger charge is 2.22. The maximum atomic E-state index is 13.8. The lowest BCUT2D eigenvalue weighted by atomic mass is 10.1. The van der Waals surface area contributed by atoms with Crippen LogP contribution in [0, 0.1) is 11.6 Å². The number of halogens is 3. The van der Waals surface area contributed by atoms with Gasteiger partial charge in [-0.3, -0.25) is 9.69 Å². The number of imide groups is 1. The van der Waals surface area contributed by atoms with Crippen molar-refractivity contribution in [1.29, 1.82) is 0 Å². The largest absolute Gasteiger partial charge is 0.360 e. The minimum absolute atomic E-state index is 0.0284. The van der Waals surface area contributed by atoms with E-state index in [9.17, 15) is 18.4 Å². The topological polar surface area (TPSA) is 79.2 Å². The first-order chi connectivity index (χ1) is 12.9. The number of H-pyrrole nitrogens is 1. The number of para-hydroxylation sites is 1. The molecule has 0 bridgehead atoms. The van der Waals surface area contributed by atoms with Gasteiger partial charge in [-0.05, 0) is 24.1 Å². The van der Waals surface area contributed by atoms with Gasteiger partial charge < -0.3 is 10.7 Å². The minimum atomic E-state index is -1.11. The molecule has 1 heterocycles. The van der Waals surface area contributed by atoms with Crippen LogP contribution < -0.4 is 5.73 Å². The number of nitrogens with zero attached hydrogens (tertiary/aromatic N) is 1. The number of benzene rings is 2. The molecule has 140 valence electrons. The van der Waals surface area contributed by atoms with Gasteiger partial charge in [-0.2, -0.15) is 0 Å². The lowest BCUT2D eigenvalue weighted by Crippen LogP contribution is -2.40. The summed E-state index contributed by atoms with van der Waals surface area (Å²) in [4.78, 5) is 27.9. The molecule has 5 nitrogen and oxygen atoms in total. The predicted molar refractivity (Wildman–Crippen MR) is 98.1 cm³/mol. The van der Waals surface area contributed by atoms with Gasteiger partial charge in [-0.15, -0.1) is 0 Å². The number of fused-ring (bicyclic) bond motifs is 1. The minimum Gasteiger partial charge on any atom is -0.360 e. The molecule has 0 spiro atoms. The summed E-state index contributed by atoms with van der Waals surface area (Å²) in [7, 11) is 0. The second kappa shape index (κ2) is 7.75. The van der Waals surface area contributed by atoms with Gasteiger partial charge in [0, 0.05) is 23.6 Å². The molecule has 0 aliphatic carbocycles. The van der Waals surface area contributed by atoms with Crippen LogP contribution in [0.4, 0.5) is 13.6 Å². The van der Waals surface area contributed by atoms with Gasteiger partial charge in [0.25, 0.3) is 0 Å². The Morgan fingerprint density at radius 1 is 1.11 bits per heavy atom. The second-order valence-electron chi connectivity index (χ2n) is 6.01. The maximum absolute atomic E-state index is 13.8. The SMILES string of the molecule is NC(=O)N(Cc1cccc(F)c1F)C(=O)CCc1c[nH]c2c(Cl)cccc12. The van der Waals surface area contributed by atoms with Gasteiger partial charge in [-0.1, -0.05) is 35.9 Å². The van der Waals surface area contributed by atoms with Crippen molar-refractivity contribution < 1.29 is 18.4 Å². The van der Waals surface area contributed by atoms with Crippen molar-refractivity contribution in [3.63, 3.8) is 0 Å². The molecule has 0 saturated carbocycles. The Morgan fingerprint density at radius 3 is 2.59 bits per heavy atom. The number of nitrogens with one attached hydrogen (secondary N) is 1. The van der Waals surface area contributed by atoms with Gasteiger partial charge in [0.15, 0.2) is 11.6 Å². The van der Waals surface area contributed by atoms with E-state index in [1.165, 1.54) is 12.1 Å². The van der Waals surface area contributed by atoms with Gasteiger partial charge in [0.2, 0.25) is 5.91 Å². The van der Waals surface area contributed by atoms with Gasteiger partial charge in [0.1, 0.15) is 0 Å². The third-order valence-corrected chi connectivity index (χ3v) is 4.60. The lowest BCUT2D eigenvalue weighted by Gasteiger charge is -2.19. The van der Waals surface area contributed by atoms with Crippen molar-refractivity contribution in [2.24, 2.45) is 5.73 Å². The number of aromatic nitrogens is 1. The van der Waals surface area contributed by atoms with Gasteiger partial charge in [-0.25, -0.2) is 13.6 Å². The number of carbonyl (C=O) groups excluding carboxylic acids is 2. The molecule has 0 unspecified atom stereocenters. The Labute approximate surface area is 158 Å². The third-order valence-electron chi connectivity index (χ3n) is 4.29. The zero-order valence-electron chi connectivity index (χ0n) is 14.1. The van der Waals surface area contributed by atoms with E-state index in [-0.39, 0.29) is 12.0 Å². The second-order valence-corrected chi connectivity index (χ2v) is 6.41. The maximum Gasteiger partial charge on any atom is 0.321 e. The van der Waals surface area contributed by atoms with Crippen LogP contribution in [0.25, 0.3) is 10.9 Å². The normalized spacial score (nSPS) is 10.9. The standard InChI is InChI=1S/C19H16ClF2N3O2/c20-14-5-2-4-13-11(9-24-18(13)14)7-8-16(26)25(19(23)27)10-12-3-1-6-15(21)17(12)22/h1-6,9,24H,7-8,10H2,(H2,23,27). The number of carbonyl (C=O) groups is 2. The summed E-state index contributed by atoms with van der Waals surface area (Å²) in [6.07, 6.45) is 2.04. The Balaban J connectivity index is 1.74. The molecule has 3 aromatic rings. The van der Waals surface area contributed by atoms with Crippen LogP contribution in [0.3, 0.4) is 0 Å². The van der Waals surface area contributed by atoms with E-state index in [2.05, 4.69) is 4.98 Å². The molecule has 3 N–H and O–H groups in total. The smallest absolute Gasteiger partial charge is 0.321 e. The summed E-state index contributed by atoms with van der Waals surface area (Å²) in [6.45, 7) is -0.433. The van der Waals surface area contributed by atoms with Crippen LogP contribution in [0.15, 0.2) is 42.6 Å². The number of primary amides is 1. The van der Waals surface area contributed by atoms with E-state index in [0.29, 0.717) is 16.3 Å². The molecule has 3 rings (SSSR count). The fourth-order valence-corrected chi connectivity index (χ4v) is 3.12. The van der Waals surface area contributed by atoms with Gasteiger partial charge >= 0.3 is 6.03 Å². The summed E-state index contributed by atoms with van der Waals surface area (Å²) >= 11 is 6.11. The van der Waals surface area contributed by atoms with Crippen LogP contribution in [0.1, 0.15) is 17.5 Å². The monoisotopic (exact) mass is 391 g/mol. The van der Waals surface area contributed by atoms with E-state index in [0.717, 1.165) is 22.5 Å². The van der Waals surface area contributed by atoms with Crippen molar-refractivity contribution in [1.82, 2.24) is 9.88 Å². The molecule has 3 amide bonds. The quantitative estimate of drug-likeness (QED) is 0.685. The van der Waals surface area contributed by atoms with Crippen LogP contribution >= 0.6 is 11.6 Å². The van der Waals surface area contributed by atoms with E-state index in [1.807, 2.05) is 6.07 Å². The number of aryl methyl sites for hydroxylation is 1. The first-order valence-corrected chi connectivity index (χ1v) is 8.53. The van der Waals surface area contributed by atoms with Crippen LogP contribution in [-0.2, 0) is 17.8 Å². The molecular formula is C19H16ClF2N3O2. The molecule has 0 saturated heterocycles. The van der Waals surface area contributed by atoms with E-state index in [1.54, 1.807) is 18.3 Å². The van der Waals surface area contributed by atoms with Crippen molar-refractivity contribution in [3.8, 4) is 0 Å². The van der Waals surface area contributed by atoms with E-state index in [4.69, 9.17) is 17.3 Å². The molecule has 2 aromatic carbocycles. The fraction of sp³-hybridized carbons (Fsp3) is 0.158. The first-order valence-electron chi connectivity index (χ1n) is 8.15. The first kappa shape index (κ1) is 18.8. The fourth-order valence-electron chi connectivity index (χ4n) is 2.89. The Morgan fingerprint density at radius 2 is 1.85 bits per heavy atom. The lowest BCUT2D eigenvalue weighted by molar-refractivity contribution is -0.128. The number of amides is 3. The molecule has 0 radical (unpaired) electrons. The number of hydrogen-bond acceptors (Lipinski definition) is 2. The third kappa shape index (κ3) is 3.93. The Hall–Kier alpha value is -2.93. The average Bonchev–Trinajstić information content (AvgIpc) is 3.05. The predicted octanol–water partition coefficient (Wildman–Crippen LogP) is 4.14. The molecule has 0 aliphatic rings. The summed E-state index contributed by atoms with van der Waals surface area (Å²) in [5.74, 6) is -2.74. The zero-order valence-corrected chi connectivity index (χ0v) is 14.9. The highest BCUT2D eigenvalue weighted by Crippen LogP contribution is 2.26. The number of aromatic amines is 1. The van der Waals surface area contributed by atoms with Crippen molar-refractivity contribution >= 4 is 34.4 Å². The van der Waals surface area contributed by atoms with E-state index >= 15 is 0 Å². The average molecular weight is 392 g/mol. The highest BCUT2D eigenvalue weighted by atomic mass is 35.5. The van der Waals surface area contributed by atoms with E-state index < -0.39 is 30.1 Å². The van der Waals surface area contributed by atoms with Crippen molar-refractivity contribution in [3.05, 3.63) is 70.4 Å². The Kier molecular flexibility index (Phi) is 5.41. The summed E-state index contributed by atoms with van der Waals surface area (Å²) < 4.78 is 27.2. The van der Waals surface area contributed by atoms with Crippen LogP contribution in [0.2, 0.25) is 5.02 Å². The number of nitrogens with two attached hydrogens (primary N) is 1. The number of urea groups is 1. The molecule has 1 aromatic heterocycles. The van der Waals surface area contributed by atoms with Crippen molar-refractivity contribution in [2.45, 2.75) is 19.4 Å². The number of hydrogen-bond donors (Lipinski definition) is 2. The summed E-state index contributed by atoms with van der Waals surface area (Å²) in [5, 5.41) is 1.43. The molecule has 27 heavy (non-hydrogen) atoms. The molecule has 0 aliphatic heterocycles. The van der Waals surface area contributed by atoms with Crippen molar-refractivity contribution in [2.75, 3.05) is 0 Å². The van der Waals surface area contributed by atoms with Crippen LogP contribution in [0.5, 0.6) is 0 Å². The highest BCUT2D eigenvalue weighted by molar-refractivity contribution is 6.35. The molecule has 0 fully saturated rings.